The molecule has 1 unspecified atom stereocenters. The summed E-state index contributed by atoms with van der Waals surface area (Å²) in [5, 5.41) is 26.7. The van der Waals surface area contributed by atoms with Crippen molar-refractivity contribution in [2.75, 3.05) is 4.90 Å². The Kier molecular flexibility index (Phi) is 14.2. The minimum absolute atomic E-state index is 0.311. The average molecular weight is 929 g/mol. The van der Waals surface area contributed by atoms with Gasteiger partial charge in [0, 0.05) is 18.6 Å². The standard InChI is InChI=1S/C54H52N6O9/c1-37(67-52(63)68-43-29-18-9-19-30-43)66-50(61)45-31-20-32-47(60(64)65)48(45)58(51(62)69-53(2,3)4)36-38-33-34-44(39-21-10-5-11-22-39)46(35-38)49-55-56-57-59(49)54(40-23-12-6-13-24-40,41-25-14-7-15-26-41)42-27-16-8-17-28-42/h5-8,10-17,20-28,31-35,37,43H,9,18-19,29-30,36H2,1-4H3. The Bertz CT molecular complexity index is 2800. The third kappa shape index (κ3) is 10.5. The molecule has 1 heterocycles. The number of tetrazole rings is 1. The van der Waals surface area contributed by atoms with Crippen LogP contribution in [0.1, 0.15) is 92.4 Å². The fourth-order valence-corrected chi connectivity index (χ4v) is 8.81. The number of hydrogen-bond acceptors (Lipinski definition) is 12. The van der Waals surface area contributed by atoms with Crippen LogP contribution in [0.15, 0.2) is 158 Å². The van der Waals surface area contributed by atoms with Crippen LogP contribution >= 0.6 is 0 Å². The van der Waals surface area contributed by atoms with Gasteiger partial charge in [0.25, 0.3) is 5.69 Å². The Hall–Kier alpha value is -8.20. The van der Waals surface area contributed by atoms with E-state index in [1.807, 2.05) is 133 Å². The van der Waals surface area contributed by atoms with E-state index >= 15 is 0 Å². The molecule has 0 radical (unpaired) electrons. The Balaban J connectivity index is 1.26. The highest BCUT2D eigenvalue weighted by atomic mass is 16.8. The fourth-order valence-electron chi connectivity index (χ4n) is 8.81. The molecule has 1 amide bonds. The first-order valence-electron chi connectivity index (χ1n) is 22.8. The van der Waals surface area contributed by atoms with Crippen molar-refractivity contribution in [3.8, 4) is 22.5 Å². The Morgan fingerprint density at radius 3 is 1.88 bits per heavy atom. The van der Waals surface area contributed by atoms with Gasteiger partial charge in [0.2, 0.25) is 6.29 Å². The monoisotopic (exact) mass is 928 g/mol. The first-order chi connectivity index (χ1) is 33.3. The van der Waals surface area contributed by atoms with Crippen LogP contribution in [0.25, 0.3) is 22.5 Å². The van der Waals surface area contributed by atoms with Gasteiger partial charge in [0.05, 0.1) is 17.0 Å². The van der Waals surface area contributed by atoms with Gasteiger partial charge in [0.1, 0.15) is 22.9 Å². The lowest BCUT2D eigenvalue weighted by molar-refractivity contribution is -0.384. The normalized spacial score (nSPS) is 13.4. The lowest BCUT2D eigenvalue weighted by Crippen LogP contribution is -2.39. The van der Waals surface area contributed by atoms with E-state index < -0.39 is 51.9 Å². The van der Waals surface area contributed by atoms with Gasteiger partial charge >= 0.3 is 18.2 Å². The maximum atomic E-state index is 14.5. The number of para-hydroxylation sites is 1. The van der Waals surface area contributed by atoms with E-state index in [0.29, 0.717) is 29.8 Å². The number of nitro benzene ring substituents is 1. The topological polar surface area (TPSA) is 178 Å². The molecule has 1 aliphatic rings. The maximum Gasteiger partial charge on any atom is 0.511 e. The summed E-state index contributed by atoms with van der Waals surface area (Å²) in [7, 11) is 0. The number of rotatable bonds is 14. The van der Waals surface area contributed by atoms with Crippen molar-refractivity contribution in [1.29, 1.82) is 0 Å². The van der Waals surface area contributed by atoms with Crippen LogP contribution in [0.5, 0.6) is 0 Å². The zero-order valence-corrected chi connectivity index (χ0v) is 38.8. The Labute approximate surface area is 399 Å². The van der Waals surface area contributed by atoms with E-state index in [0.717, 1.165) is 52.0 Å². The number of benzene rings is 6. The summed E-state index contributed by atoms with van der Waals surface area (Å²) in [5.74, 6) is -0.736. The molecule has 0 bridgehead atoms. The van der Waals surface area contributed by atoms with Crippen LogP contribution in [0.3, 0.4) is 0 Å². The number of ether oxygens (including phenoxy) is 4. The van der Waals surface area contributed by atoms with Crippen LogP contribution in [-0.4, -0.2) is 61.3 Å². The van der Waals surface area contributed by atoms with Gasteiger partial charge in [-0.25, -0.2) is 19.1 Å². The molecule has 1 aromatic heterocycles. The zero-order valence-electron chi connectivity index (χ0n) is 38.8. The maximum absolute atomic E-state index is 14.5. The van der Waals surface area contributed by atoms with Crippen molar-refractivity contribution in [3.63, 3.8) is 0 Å². The van der Waals surface area contributed by atoms with E-state index in [4.69, 9.17) is 29.3 Å². The zero-order chi connectivity index (χ0) is 48.5. The van der Waals surface area contributed by atoms with E-state index in [1.165, 1.54) is 25.1 Å². The van der Waals surface area contributed by atoms with Crippen LogP contribution < -0.4 is 4.90 Å². The molecular weight excluding hydrogens is 877 g/mol. The summed E-state index contributed by atoms with van der Waals surface area (Å²) < 4.78 is 24.0. The number of hydrogen-bond donors (Lipinski definition) is 0. The Morgan fingerprint density at radius 1 is 0.739 bits per heavy atom. The molecule has 1 atom stereocenters. The number of nitro groups is 1. The number of esters is 1. The molecule has 1 saturated carbocycles. The van der Waals surface area contributed by atoms with Crippen LogP contribution in [-0.2, 0) is 31.0 Å². The van der Waals surface area contributed by atoms with Crippen molar-refractivity contribution in [2.24, 2.45) is 0 Å². The Morgan fingerprint density at radius 2 is 1.32 bits per heavy atom. The molecule has 0 N–H and O–H groups in total. The van der Waals surface area contributed by atoms with E-state index in [1.54, 1.807) is 31.5 Å². The molecule has 15 heteroatoms. The fraction of sp³-hybridized carbons (Fsp3) is 0.259. The summed E-state index contributed by atoms with van der Waals surface area (Å²) in [6.07, 6.45) is 0.523. The SMILES string of the molecule is CC(OC(=O)OC1CCCCC1)OC(=O)c1cccc([N+](=O)[O-])c1N(Cc1ccc(-c2ccccc2)c(-c2nnnn2C(c2ccccc2)(c2ccccc2)c2ccccc2)c1)C(=O)OC(C)(C)C. The second-order valence-corrected chi connectivity index (χ2v) is 17.7. The highest BCUT2D eigenvalue weighted by Crippen LogP contribution is 2.44. The molecule has 6 aromatic carbocycles. The first kappa shape index (κ1) is 47.3. The number of nitrogens with zero attached hydrogens (tertiary/aromatic N) is 6. The van der Waals surface area contributed by atoms with E-state index in [-0.39, 0.29) is 18.2 Å². The van der Waals surface area contributed by atoms with Crippen molar-refractivity contribution in [1.82, 2.24) is 20.2 Å². The lowest BCUT2D eigenvalue weighted by atomic mass is 9.77. The molecule has 0 aliphatic heterocycles. The van der Waals surface area contributed by atoms with Crippen molar-refractivity contribution < 1.29 is 38.3 Å². The van der Waals surface area contributed by atoms with Crippen LogP contribution in [0.4, 0.5) is 21.0 Å². The summed E-state index contributed by atoms with van der Waals surface area (Å²) >= 11 is 0. The van der Waals surface area contributed by atoms with Crippen LogP contribution in [0, 0.1) is 10.1 Å². The summed E-state index contributed by atoms with van der Waals surface area (Å²) in [6, 6.07) is 48.8. The molecule has 352 valence electrons. The number of amides is 1. The predicted octanol–water partition coefficient (Wildman–Crippen LogP) is 11.7. The minimum atomic E-state index is -1.45. The second kappa shape index (κ2) is 20.8. The molecule has 1 aliphatic carbocycles. The van der Waals surface area contributed by atoms with Gasteiger partial charge in [-0.1, -0.05) is 146 Å². The van der Waals surface area contributed by atoms with Crippen LogP contribution in [0.2, 0.25) is 0 Å². The smallest absolute Gasteiger partial charge is 0.443 e. The first-order valence-corrected chi connectivity index (χ1v) is 22.8. The quantitative estimate of drug-likeness (QED) is 0.0252. The summed E-state index contributed by atoms with van der Waals surface area (Å²) in [6.45, 7) is 5.97. The van der Waals surface area contributed by atoms with E-state index in [9.17, 15) is 24.5 Å². The van der Waals surface area contributed by atoms with Gasteiger partial charge in [-0.15, -0.1) is 5.10 Å². The summed E-state index contributed by atoms with van der Waals surface area (Å²) in [4.78, 5) is 54.5. The van der Waals surface area contributed by atoms with Gasteiger partial charge in [-0.2, -0.15) is 0 Å². The molecule has 1 fully saturated rings. The number of aromatic nitrogens is 4. The van der Waals surface area contributed by atoms with Crippen molar-refractivity contribution in [3.05, 3.63) is 196 Å². The molecule has 7 aromatic rings. The largest absolute Gasteiger partial charge is 0.511 e. The molecule has 0 spiro atoms. The number of carbonyl (C=O) groups excluding carboxylic acids is 3. The predicted molar refractivity (Wildman–Crippen MR) is 258 cm³/mol. The van der Waals surface area contributed by atoms with Gasteiger partial charge in [-0.05, 0) is 102 Å². The third-order valence-corrected chi connectivity index (χ3v) is 11.8. The second-order valence-electron chi connectivity index (χ2n) is 17.7. The van der Waals surface area contributed by atoms with Gasteiger partial charge in [-0.3, -0.25) is 15.0 Å². The number of carbonyl (C=O) groups is 3. The molecule has 8 rings (SSSR count). The van der Waals surface area contributed by atoms with Crippen molar-refractivity contribution in [2.45, 2.75) is 89.9 Å². The number of anilines is 1. The molecule has 15 nitrogen and oxygen atoms in total. The molecular formula is C54H52N6O9. The minimum Gasteiger partial charge on any atom is -0.443 e. The highest BCUT2D eigenvalue weighted by molar-refractivity contribution is 6.04. The molecule has 69 heavy (non-hydrogen) atoms. The van der Waals surface area contributed by atoms with Crippen molar-refractivity contribution >= 4 is 29.6 Å². The van der Waals surface area contributed by atoms with E-state index in [2.05, 4.69) is 5.21 Å². The summed E-state index contributed by atoms with van der Waals surface area (Å²) in [5.41, 5.74) is 1.72. The lowest BCUT2D eigenvalue weighted by Gasteiger charge is -2.36. The average Bonchev–Trinajstić information content (AvgIpc) is 3.84. The van der Waals surface area contributed by atoms with Gasteiger partial charge in [0.15, 0.2) is 5.82 Å². The van der Waals surface area contributed by atoms with Gasteiger partial charge < -0.3 is 18.9 Å². The third-order valence-electron chi connectivity index (χ3n) is 11.8. The molecule has 0 saturated heterocycles. The highest BCUT2D eigenvalue weighted by Gasteiger charge is 2.42.